The van der Waals surface area contributed by atoms with Crippen molar-refractivity contribution in [2.45, 2.75) is 6.42 Å². The molecule has 3 heteroatoms. The van der Waals surface area contributed by atoms with Gasteiger partial charge in [-0.15, -0.1) is 0 Å². The molecule has 10 aromatic rings. The molecule has 0 unspecified atom stereocenters. The van der Waals surface area contributed by atoms with E-state index in [1.165, 1.54) is 32.8 Å². The molecule has 0 bridgehead atoms. The van der Waals surface area contributed by atoms with Crippen LogP contribution >= 0.6 is 0 Å². The second kappa shape index (κ2) is 17.3. The average Bonchev–Trinajstić information content (AvgIpc) is 3.38. The predicted molar refractivity (Wildman–Crippen MR) is 274 cm³/mol. The first-order chi connectivity index (χ1) is 32.1. The maximum atomic E-state index is 5.35. The van der Waals surface area contributed by atoms with E-state index in [9.17, 15) is 0 Å². The molecule has 0 saturated heterocycles. The first-order valence-electron chi connectivity index (χ1n) is 22.1. The summed E-state index contributed by atoms with van der Waals surface area (Å²) in [6, 6.07) is 68.7. The number of hydrogen-bond acceptors (Lipinski definition) is 3. The predicted octanol–water partition coefficient (Wildman–Crippen LogP) is 16.3. The van der Waals surface area contributed by atoms with Crippen LogP contribution in [0.2, 0.25) is 0 Å². The van der Waals surface area contributed by atoms with Gasteiger partial charge in [0.15, 0.2) is 5.82 Å². The van der Waals surface area contributed by atoms with E-state index in [1.807, 2.05) is 18.2 Å². The smallest absolute Gasteiger partial charge is 0.160 e. The highest BCUT2D eigenvalue weighted by Gasteiger charge is 2.18. The second-order valence-electron chi connectivity index (χ2n) is 16.4. The topological polar surface area (TPSA) is 38.7 Å². The number of hydrogen-bond donors (Lipinski definition) is 0. The highest BCUT2D eigenvalue weighted by Crippen LogP contribution is 2.41. The van der Waals surface area contributed by atoms with Gasteiger partial charge in [0.05, 0.1) is 22.6 Å². The number of pyridine rings is 1. The fourth-order valence-corrected chi connectivity index (χ4v) is 8.93. The molecule has 0 atom stereocenters. The third-order valence-electron chi connectivity index (χ3n) is 12.2. The van der Waals surface area contributed by atoms with Crippen molar-refractivity contribution in [1.29, 1.82) is 0 Å². The average molecular weight is 830 g/mol. The van der Waals surface area contributed by atoms with E-state index < -0.39 is 0 Å². The molecule has 306 valence electrons. The Kier molecular flexibility index (Phi) is 10.5. The number of nitrogens with zero attached hydrogens (tertiary/aromatic N) is 3. The number of benzene rings is 8. The molecule has 8 aromatic carbocycles. The molecule has 0 radical (unpaired) electrons. The van der Waals surface area contributed by atoms with Crippen LogP contribution < -0.4 is 0 Å². The van der Waals surface area contributed by atoms with Crippen molar-refractivity contribution in [2.24, 2.45) is 0 Å². The van der Waals surface area contributed by atoms with Crippen molar-refractivity contribution >= 4 is 38.0 Å². The lowest BCUT2D eigenvalue weighted by molar-refractivity contribution is 1.18. The maximum Gasteiger partial charge on any atom is 0.160 e. The number of para-hydroxylation sites is 1. The highest BCUT2D eigenvalue weighted by molar-refractivity contribution is 6.24. The zero-order valence-electron chi connectivity index (χ0n) is 35.8. The van der Waals surface area contributed by atoms with Gasteiger partial charge in [-0.2, -0.15) is 0 Å². The summed E-state index contributed by atoms with van der Waals surface area (Å²) >= 11 is 0. The van der Waals surface area contributed by atoms with Crippen LogP contribution in [0, 0.1) is 0 Å². The summed E-state index contributed by atoms with van der Waals surface area (Å²) in [5, 5.41) is 5.88. The Morgan fingerprint density at radius 3 is 1.58 bits per heavy atom. The molecule has 0 fully saturated rings. The first-order valence-corrected chi connectivity index (χ1v) is 22.1. The fourth-order valence-electron chi connectivity index (χ4n) is 8.93. The fraction of sp³-hybridized carbons (Fsp3) is 0.0161. The molecule has 65 heavy (non-hydrogen) atoms. The molecule has 0 aliphatic heterocycles. The summed E-state index contributed by atoms with van der Waals surface area (Å²) in [5.41, 5.74) is 15.6. The molecule has 0 N–H and O–H groups in total. The van der Waals surface area contributed by atoms with Crippen LogP contribution in [0.25, 0.3) is 105 Å². The van der Waals surface area contributed by atoms with E-state index in [-0.39, 0.29) is 0 Å². The maximum absolute atomic E-state index is 5.35. The molecular weight excluding hydrogens is 787 g/mol. The Bertz CT molecular complexity index is 3520. The third-order valence-corrected chi connectivity index (χ3v) is 12.2. The summed E-state index contributed by atoms with van der Waals surface area (Å²) in [5.74, 6) is 0.689. The molecule has 1 aliphatic carbocycles. The van der Waals surface area contributed by atoms with E-state index >= 15 is 0 Å². The lowest BCUT2D eigenvalue weighted by Crippen LogP contribution is -1.96. The first kappa shape index (κ1) is 39.3. The van der Waals surface area contributed by atoms with E-state index in [0.29, 0.717) is 5.82 Å². The summed E-state index contributed by atoms with van der Waals surface area (Å²) in [4.78, 5) is 15.6. The molecule has 0 saturated carbocycles. The van der Waals surface area contributed by atoms with E-state index in [1.54, 1.807) is 0 Å². The zero-order valence-corrected chi connectivity index (χ0v) is 35.8. The molecule has 11 rings (SSSR count). The standard InChI is InChI=1S/C62H43N3/c1-42-17-7-3-2-4-8-22-51(39-42)61-56-40-55(52-23-13-14-24-53(52)60(56)54-25-15-16-26-57(54)63-61)47-33-27-45(28-34-47)46-31-37-50(38-32-46)62-64-58(48-20-11-6-12-21-48)41-59(65-62)49-35-29-44(30-36-49)43-18-9-5-10-19-43/h2-3,5-41H,1,4H2/b3-2-,17-7-,22-8-,51-39+. The van der Waals surface area contributed by atoms with Crippen LogP contribution in [0.3, 0.4) is 0 Å². The number of aromatic nitrogens is 3. The van der Waals surface area contributed by atoms with Crippen molar-refractivity contribution in [3.8, 4) is 67.3 Å². The lowest BCUT2D eigenvalue weighted by Gasteiger charge is -2.17. The number of allylic oxidation sites excluding steroid dienone is 9. The van der Waals surface area contributed by atoms with Gasteiger partial charge in [0.25, 0.3) is 0 Å². The third kappa shape index (κ3) is 7.92. The number of fused-ring (bicyclic) bond motifs is 5. The molecule has 1 aliphatic rings. The minimum atomic E-state index is 0.689. The van der Waals surface area contributed by atoms with Crippen LogP contribution in [0.4, 0.5) is 0 Å². The summed E-state index contributed by atoms with van der Waals surface area (Å²) in [6.07, 6.45) is 15.7. The SMILES string of the molecule is C=C1/C=C\C=C/C/C=C\C(c2nc3ccccc3c3c2cc(-c2ccc(-c4ccc(-c5nc(-c6ccccc6)cc(-c6ccc(-c7ccccc7)cc6)n5)cc4)cc2)c2ccccc23)=C/1. The Morgan fingerprint density at radius 2 is 0.908 bits per heavy atom. The summed E-state index contributed by atoms with van der Waals surface area (Å²) in [6.45, 7) is 4.35. The van der Waals surface area contributed by atoms with Gasteiger partial charge in [-0.1, -0.05) is 219 Å². The minimum absolute atomic E-state index is 0.689. The highest BCUT2D eigenvalue weighted by atomic mass is 14.9. The van der Waals surface area contributed by atoms with Gasteiger partial charge in [0.2, 0.25) is 0 Å². The summed E-state index contributed by atoms with van der Waals surface area (Å²) < 4.78 is 0. The Balaban J connectivity index is 0.959. The van der Waals surface area contributed by atoms with Gasteiger partial charge in [-0.25, -0.2) is 15.0 Å². The van der Waals surface area contributed by atoms with Crippen LogP contribution in [-0.2, 0) is 0 Å². The molecule has 0 spiro atoms. The van der Waals surface area contributed by atoms with Crippen molar-refractivity contribution in [2.75, 3.05) is 0 Å². The van der Waals surface area contributed by atoms with E-state index in [4.69, 9.17) is 15.0 Å². The van der Waals surface area contributed by atoms with Crippen molar-refractivity contribution in [3.05, 3.63) is 255 Å². The monoisotopic (exact) mass is 829 g/mol. The van der Waals surface area contributed by atoms with Crippen molar-refractivity contribution < 1.29 is 0 Å². The van der Waals surface area contributed by atoms with Crippen LogP contribution in [0.1, 0.15) is 12.1 Å². The molecule has 0 amide bonds. The molecule has 3 nitrogen and oxygen atoms in total. The van der Waals surface area contributed by atoms with E-state index in [2.05, 4.69) is 225 Å². The van der Waals surface area contributed by atoms with Gasteiger partial charge < -0.3 is 0 Å². The van der Waals surface area contributed by atoms with Gasteiger partial charge in [-0.3, -0.25) is 0 Å². The Labute approximate surface area is 379 Å². The van der Waals surface area contributed by atoms with E-state index in [0.717, 1.165) is 84.3 Å². The minimum Gasteiger partial charge on any atom is -0.247 e. The zero-order chi connectivity index (χ0) is 43.5. The van der Waals surface area contributed by atoms with Crippen molar-refractivity contribution in [1.82, 2.24) is 15.0 Å². The summed E-state index contributed by atoms with van der Waals surface area (Å²) in [7, 11) is 0. The van der Waals surface area contributed by atoms with Gasteiger partial charge in [-0.05, 0) is 80.4 Å². The largest absolute Gasteiger partial charge is 0.247 e. The molecule has 2 aromatic heterocycles. The Hall–Kier alpha value is -8.53. The molecule has 2 heterocycles. The quantitative estimate of drug-likeness (QED) is 0.150. The van der Waals surface area contributed by atoms with Gasteiger partial charge in [0.1, 0.15) is 0 Å². The molecular formula is C62H43N3. The van der Waals surface area contributed by atoms with Gasteiger partial charge >= 0.3 is 0 Å². The van der Waals surface area contributed by atoms with Crippen LogP contribution in [0.5, 0.6) is 0 Å². The second-order valence-corrected chi connectivity index (χ2v) is 16.4. The normalized spacial score (nSPS) is 15.1. The Morgan fingerprint density at radius 1 is 0.385 bits per heavy atom. The van der Waals surface area contributed by atoms with Crippen molar-refractivity contribution in [3.63, 3.8) is 0 Å². The van der Waals surface area contributed by atoms with Crippen LogP contribution in [-0.4, -0.2) is 15.0 Å². The number of rotatable bonds is 7. The lowest BCUT2D eigenvalue weighted by atomic mass is 9.89. The van der Waals surface area contributed by atoms with Crippen LogP contribution in [0.15, 0.2) is 249 Å². The van der Waals surface area contributed by atoms with Gasteiger partial charge in [0, 0.05) is 38.4 Å².